The minimum Gasteiger partial charge on any atom is -0.365 e. The smallest absolute Gasteiger partial charge is 0.365 e. The molecule has 1 aliphatic carbocycles. The van der Waals surface area contributed by atoms with Crippen molar-refractivity contribution < 1.29 is 42.2 Å². The van der Waals surface area contributed by atoms with Gasteiger partial charge in [0.15, 0.2) is 12.6 Å². The highest BCUT2D eigenvalue weighted by atomic mass is 31.2. The summed E-state index contributed by atoms with van der Waals surface area (Å²) in [6, 6.07) is 35.1. The van der Waals surface area contributed by atoms with Crippen molar-refractivity contribution in [3.8, 4) is 11.1 Å². The van der Waals surface area contributed by atoms with Gasteiger partial charge in [-0.05, 0) is 27.8 Å². The van der Waals surface area contributed by atoms with E-state index in [1.165, 1.54) is 7.11 Å². The molecule has 0 spiro atoms. The van der Waals surface area contributed by atoms with Gasteiger partial charge in [-0.2, -0.15) is 0 Å². The summed E-state index contributed by atoms with van der Waals surface area (Å²) < 4.78 is 56.1. The zero-order valence-corrected chi connectivity index (χ0v) is 25.6. The summed E-state index contributed by atoms with van der Waals surface area (Å²) in [6.07, 6.45) is -5.15. The number of ether oxygens (including phenoxy) is 5. The minimum atomic E-state index is -4.67. The van der Waals surface area contributed by atoms with Crippen LogP contribution in [-0.4, -0.2) is 55.9 Å². The van der Waals surface area contributed by atoms with Crippen LogP contribution in [0.2, 0.25) is 0 Å². The van der Waals surface area contributed by atoms with Crippen molar-refractivity contribution in [1.29, 1.82) is 0 Å². The van der Waals surface area contributed by atoms with Gasteiger partial charge in [0.1, 0.15) is 24.4 Å². The highest BCUT2D eigenvalue weighted by molar-refractivity contribution is 7.47. The van der Waals surface area contributed by atoms with Crippen molar-refractivity contribution in [1.82, 2.24) is 0 Å². The van der Waals surface area contributed by atoms with Crippen molar-refractivity contribution in [3.05, 3.63) is 131 Å². The van der Waals surface area contributed by atoms with Crippen LogP contribution in [0.1, 0.15) is 34.5 Å². The molecule has 0 saturated carbocycles. The highest BCUT2D eigenvalue weighted by Crippen LogP contribution is 2.52. The first-order chi connectivity index (χ1) is 22.0. The van der Waals surface area contributed by atoms with Gasteiger partial charge in [-0.25, -0.2) is 4.57 Å². The van der Waals surface area contributed by atoms with Gasteiger partial charge in [0, 0.05) is 18.6 Å². The molecule has 0 aromatic heterocycles. The van der Waals surface area contributed by atoms with Crippen molar-refractivity contribution in [2.75, 3.05) is 20.3 Å². The fourth-order valence-electron chi connectivity index (χ4n) is 6.37. The lowest BCUT2D eigenvalue weighted by molar-refractivity contribution is -0.361. The van der Waals surface area contributed by atoms with E-state index in [2.05, 4.69) is 12.1 Å². The number of fused-ring (bicyclic) bond motifs is 4. The van der Waals surface area contributed by atoms with Crippen LogP contribution in [0.5, 0.6) is 0 Å². The van der Waals surface area contributed by atoms with Crippen LogP contribution in [-0.2, 0) is 43.9 Å². The van der Waals surface area contributed by atoms with E-state index in [-0.39, 0.29) is 25.7 Å². The Labute approximate surface area is 262 Å². The standard InChI is InChI=1S/C35H35O9P/c1-38-35-33(39-20-23-12-4-2-5-13-23)32(31-30(42-35)22-40-34(43-31)24-14-6-3-7-15-24)44-45(36,37)41-21-29-27-18-10-8-16-25(27)26-17-9-11-19-28(26)29/h2-19,29-35H,20-22H2,1H3,(H,36,37)/t30-,31+,32+,33-,34?,35-/m1/s1. The van der Waals surface area contributed by atoms with E-state index in [0.29, 0.717) is 0 Å². The summed E-state index contributed by atoms with van der Waals surface area (Å²) in [5.74, 6) is -0.234. The molecule has 4 aromatic rings. The average molecular weight is 631 g/mol. The van der Waals surface area contributed by atoms with Crippen LogP contribution in [0.4, 0.5) is 0 Å². The Balaban J connectivity index is 1.15. The number of methoxy groups -OCH3 is 1. The van der Waals surface area contributed by atoms with Gasteiger partial charge in [0.2, 0.25) is 0 Å². The molecular formula is C35H35O9P. The van der Waals surface area contributed by atoms with E-state index in [4.69, 9.17) is 32.7 Å². The summed E-state index contributed by atoms with van der Waals surface area (Å²) in [5.41, 5.74) is 5.95. The number of benzene rings is 4. The lowest BCUT2D eigenvalue weighted by Gasteiger charge is -2.48. The van der Waals surface area contributed by atoms with Crippen LogP contribution < -0.4 is 0 Å². The molecule has 1 N–H and O–H groups in total. The molecule has 0 bridgehead atoms. The highest BCUT2D eigenvalue weighted by Gasteiger charge is 2.54. The topological polar surface area (TPSA) is 102 Å². The van der Waals surface area contributed by atoms with Gasteiger partial charge < -0.3 is 28.6 Å². The predicted molar refractivity (Wildman–Crippen MR) is 165 cm³/mol. The Morgan fingerprint density at radius 2 is 1.42 bits per heavy atom. The van der Waals surface area contributed by atoms with Crippen molar-refractivity contribution in [2.24, 2.45) is 0 Å². The summed E-state index contributed by atoms with van der Waals surface area (Å²) in [7, 11) is -3.19. The van der Waals surface area contributed by atoms with E-state index >= 15 is 0 Å². The molecule has 4 aromatic carbocycles. The summed E-state index contributed by atoms with van der Waals surface area (Å²) in [5, 5.41) is 0. The lowest BCUT2D eigenvalue weighted by Crippen LogP contribution is -2.63. The fourth-order valence-corrected chi connectivity index (χ4v) is 7.32. The minimum absolute atomic E-state index is 0.0566. The molecule has 9 nitrogen and oxygen atoms in total. The molecule has 234 valence electrons. The maximum Gasteiger partial charge on any atom is 0.472 e. The van der Waals surface area contributed by atoms with Crippen molar-refractivity contribution in [3.63, 3.8) is 0 Å². The van der Waals surface area contributed by atoms with Gasteiger partial charge in [0.05, 0.1) is 19.8 Å². The van der Waals surface area contributed by atoms with Crippen LogP contribution in [0.15, 0.2) is 109 Å². The molecule has 7 atom stereocenters. The van der Waals surface area contributed by atoms with E-state index < -0.39 is 44.8 Å². The third-order valence-electron chi connectivity index (χ3n) is 8.49. The van der Waals surface area contributed by atoms with Gasteiger partial charge >= 0.3 is 7.82 Å². The van der Waals surface area contributed by atoms with Gasteiger partial charge in [-0.15, -0.1) is 0 Å². The monoisotopic (exact) mass is 630 g/mol. The first-order valence-electron chi connectivity index (χ1n) is 15.0. The largest absolute Gasteiger partial charge is 0.472 e. The predicted octanol–water partition coefficient (Wildman–Crippen LogP) is 6.37. The van der Waals surface area contributed by atoms with E-state index in [1.807, 2.05) is 97.1 Å². The number of hydrogen-bond donors (Lipinski definition) is 1. The Hall–Kier alpha value is -3.21. The van der Waals surface area contributed by atoms with Gasteiger partial charge in [-0.1, -0.05) is 109 Å². The molecule has 7 rings (SSSR count). The number of rotatable bonds is 10. The van der Waals surface area contributed by atoms with Crippen molar-refractivity contribution in [2.45, 2.75) is 49.5 Å². The second kappa shape index (κ2) is 13.3. The lowest BCUT2D eigenvalue weighted by atomic mass is 9.97. The molecule has 2 heterocycles. The maximum absolute atomic E-state index is 13.8. The molecule has 0 amide bonds. The molecule has 10 heteroatoms. The second-order valence-electron chi connectivity index (χ2n) is 11.3. The third kappa shape index (κ3) is 6.42. The number of phosphoric ester groups is 1. The van der Waals surface area contributed by atoms with E-state index in [0.717, 1.165) is 33.4 Å². The molecule has 45 heavy (non-hydrogen) atoms. The maximum atomic E-state index is 13.8. The second-order valence-corrected chi connectivity index (χ2v) is 12.7. The van der Waals surface area contributed by atoms with Crippen LogP contribution in [0.3, 0.4) is 0 Å². The van der Waals surface area contributed by atoms with E-state index in [9.17, 15) is 9.46 Å². The van der Waals surface area contributed by atoms with Gasteiger partial charge in [0.25, 0.3) is 0 Å². The fraction of sp³-hybridized carbons (Fsp3) is 0.314. The molecule has 2 saturated heterocycles. The van der Waals surface area contributed by atoms with Crippen molar-refractivity contribution >= 4 is 7.82 Å². The summed E-state index contributed by atoms with van der Waals surface area (Å²) in [6.45, 7) is 0.289. The van der Waals surface area contributed by atoms with Crippen LogP contribution in [0, 0.1) is 0 Å². The number of phosphoric acid groups is 1. The first kappa shape index (κ1) is 30.4. The normalized spacial score (nSPS) is 27.2. The Bertz CT molecular complexity index is 1580. The molecule has 3 aliphatic rings. The molecule has 2 aliphatic heterocycles. The SMILES string of the molecule is CO[C@@H]1O[C@@H]2COC(c3ccccc3)O[C@@H]2[C@H](OP(=O)(O)OCC2c3ccccc3-c3ccccc32)[C@H]1OCc1ccccc1. The molecule has 0 radical (unpaired) electrons. The van der Waals surface area contributed by atoms with E-state index in [1.54, 1.807) is 0 Å². The summed E-state index contributed by atoms with van der Waals surface area (Å²) in [4.78, 5) is 11.2. The Morgan fingerprint density at radius 1 is 0.800 bits per heavy atom. The van der Waals surface area contributed by atoms with Crippen LogP contribution in [0.25, 0.3) is 11.1 Å². The van der Waals surface area contributed by atoms with Gasteiger partial charge in [-0.3, -0.25) is 9.05 Å². The molecular weight excluding hydrogens is 595 g/mol. The zero-order chi connectivity index (χ0) is 30.8. The number of hydrogen-bond acceptors (Lipinski definition) is 8. The molecule has 2 fully saturated rings. The zero-order valence-electron chi connectivity index (χ0n) is 24.7. The first-order valence-corrected chi connectivity index (χ1v) is 16.5. The average Bonchev–Trinajstić information content (AvgIpc) is 3.41. The Kier molecular flexibility index (Phi) is 8.97. The molecule has 2 unspecified atom stereocenters. The summed E-state index contributed by atoms with van der Waals surface area (Å²) >= 11 is 0. The quantitative estimate of drug-likeness (QED) is 0.200. The third-order valence-corrected chi connectivity index (χ3v) is 9.48. The Morgan fingerprint density at radius 3 is 2.09 bits per heavy atom. The van der Waals surface area contributed by atoms with Crippen LogP contribution >= 0.6 is 7.82 Å².